The molecule has 1 fully saturated rings. The average Bonchev–Trinajstić information content (AvgIpc) is 1.53. The Morgan fingerprint density at radius 3 is 2.11 bits per heavy atom. The van der Waals surface area contributed by atoms with Crippen LogP contribution < -0.4 is 0 Å². The highest BCUT2D eigenvalue weighted by Gasteiger charge is 2.24. The Kier molecular flexibility index (Phi) is 1.88. The number of nitrogens with zero attached hydrogens (tertiary/aromatic N) is 1. The van der Waals surface area contributed by atoms with E-state index in [9.17, 15) is 4.57 Å². The molecule has 0 saturated carbocycles. The van der Waals surface area contributed by atoms with Crippen molar-refractivity contribution in [2.24, 2.45) is 0 Å². The molecular formula is C3H8NO4P. The van der Waals surface area contributed by atoms with E-state index in [0.717, 1.165) is 6.42 Å². The molecule has 0 amide bonds. The molecule has 0 spiro atoms. The summed E-state index contributed by atoms with van der Waals surface area (Å²) < 4.78 is 14.2. The van der Waals surface area contributed by atoms with Crippen LogP contribution in [-0.2, 0) is 9.19 Å². The van der Waals surface area contributed by atoms with Gasteiger partial charge in [-0.2, -0.15) is 9.69 Å². The van der Waals surface area contributed by atoms with E-state index in [-0.39, 0.29) is 0 Å². The third kappa shape index (κ3) is 2.43. The summed E-state index contributed by atoms with van der Waals surface area (Å²) in [5, 5.41) is 1.25. The van der Waals surface area contributed by atoms with Gasteiger partial charge in [-0.1, -0.05) is 0 Å². The number of hydrogen-bond acceptors (Lipinski definition) is 3. The van der Waals surface area contributed by atoms with E-state index >= 15 is 0 Å². The minimum Gasteiger partial charge on any atom is -0.302 e. The fourth-order valence-electron chi connectivity index (χ4n) is 0.519. The van der Waals surface area contributed by atoms with Gasteiger partial charge in [-0.25, -0.2) is 4.57 Å². The molecule has 54 valence electrons. The molecule has 0 aromatic rings. The number of rotatable bonds is 2. The molecule has 0 unspecified atom stereocenters. The van der Waals surface area contributed by atoms with E-state index in [4.69, 9.17) is 9.79 Å². The molecule has 0 aromatic heterocycles. The van der Waals surface area contributed by atoms with Gasteiger partial charge < -0.3 is 9.79 Å². The van der Waals surface area contributed by atoms with Crippen molar-refractivity contribution in [3.63, 3.8) is 0 Å². The predicted octanol–water partition coefficient (Wildman–Crippen LogP) is -0.284. The molecular weight excluding hydrogens is 145 g/mol. The Hall–Kier alpha value is 0.0700. The van der Waals surface area contributed by atoms with E-state index in [1.165, 1.54) is 5.06 Å². The van der Waals surface area contributed by atoms with Crippen LogP contribution in [0.5, 0.6) is 0 Å². The first-order valence-electron chi connectivity index (χ1n) is 2.58. The van der Waals surface area contributed by atoms with Gasteiger partial charge in [0, 0.05) is 13.1 Å². The molecule has 1 aliphatic heterocycles. The molecule has 0 bridgehead atoms. The van der Waals surface area contributed by atoms with Crippen LogP contribution in [0.3, 0.4) is 0 Å². The van der Waals surface area contributed by atoms with Crippen molar-refractivity contribution in [1.82, 2.24) is 5.06 Å². The van der Waals surface area contributed by atoms with Gasteiger partial charge in [0.2, 0.25) is 0 Å². The predicted molar refractivity (Wildman–Crippen MR) is 29.3 cm³/mol. The molecule has 1 aliphatic rings. The summed E-state index contributed by atoms with van der Waals surface area (Å²) in [5.41, 5.74) is 0. The minimum absolute atomic E-state index is 0.616. The van der Waals surface area contributed by atoms with Gasteiger partial charge >= 0.3 is 7.82 Å². The molecule has 6 heteroatoms. The van der Waals surface area contributed by atoms with E-state index in [2.05, 4.69) is 4.62 Å². The second-order valence-corrected chi connectivity index (χ2v) is 3.00. The molecule has 1 heterocycles. The molecule has 0 radical (unpaired) electrons. The molecule has 0 aliphatic carbocycles. The van der Waals surface area contributed by atoms with Gasteiger partial charge in [0.25, 0.3) is 0 Å². The lowest BCUT2D eigenvalue weighted by molar-refractivity contribution is -0.125. The van der Waals surface area contributed by atoms with Crippen LogP contribution in [0.4, 0.5) is 0 Å². The quantitative estimate of drug-likeness (QED) is 0.533. The van der Waals surface area contributed by atoms with Crippen LogP contribution in [-0.4, -0.2) is 27.9 Å². The van der Waals surface area contributed by atoms with Crippen molar-refractivity contribution in [3.05, 3.63) is 0 Å². The highest BCUT2D eigenvalue weighted by molar-refractivity contribution is 7.46. The zero-order valence-corrected chi connectivity index (χ0v) is 5.62. The summed E-state index contributed by atoms with van der Waals surface area (Å²) in [6.45, 7) is 1.23. The number of hydroxylamine groups is 2. The Balaban J connectivity index is 2.24. The lowest BCUT2D eigenvalue weighted by Crippen LogP contribution is -2.35. The van der Waals surface area contributed by atoms with Gasteiger partial charge in [0.1, 0.15) is 0 Å². The second kappa shape index (κ2) is 2.36. The summed E-state index contributed by atoms with van der Waals surface area (Å²) in [5.74, 6) is 0. The standard InChI is InChI=1S/C3H8NO4P/c5-9(6,7)8-4-2-1-3-4/h1-3H2,(H2,5,6,7). The Labute approximate surface area is 52.4 Å². The Morgan fingerprint density at radius 1 is 1.44 bits per heavy atom. The van der Waals surface area contributed by atoms with E-state index in [1.54, 1.807) is 0 Å². The molecule has 0 atom stereocenters. The van der Waals surface area contributed by atoms with Crippen molar-refractivity contribution in [2.75, 3.05) is 13.1 Å². The summed E-state index contributed by atoms with van der Waals surface area (Å²) in [4.78, 5) is 16.4. The van der Waals surface area contributed by atoms with Gasteiger partial charge in [-0.3, -0.25) is 0 Å². The molecule has 2 N–H and O–H groups in total. The normalized spacial score (nSPS) is 21.6. The van der Waals surface area contributed by atoms with Crippen LogP contribution in [0.2, 0.25) is 0 Å². The lowest BCUT2D eigenvalue weighted by atomic mass is 10.3. The maximum Gasteiger partial charge on any atom is 0.486 e. The summed E-state index contributed by atoms with van der Waals surface area (Å²) in [6.07, 6.45) is 0.944. The molecule has 1 saturated heterocycles. The van der Waals surface area contributed by atoms with Crippen molar-refractivity contribution in [1.29, 1.82) is 0 Å². The van der Waals surface area contributed by atoms with Gasteiger partial charge in [0.15, 0.2) is 0 Å². The van der Waals surface area contributed by atoms with Crippen molar-refractivity contribution in [3.8, 4) is 0 Å². The number of phosphoric acid groups is 1. The molecule has 9 heavy (non-hydrogen) atoms. The van der Waals surface area contributed by atoms with Gasteiger partial charge in [-0.05, 0) is 6.42 Å². The molecule has 5 nitrogen and oxygen atoms in total. The van der Waals surface area contributed by atoms with E-state index < -0.39 is 7.82 Å². The van der Waals surface area contributed by atoms with Crippen molar-refractivity contribution in [2.45, 2.75) is 6.42 Å². The Bertz CT molecular complexity index is 139. The van der Waals surface area contributed by atoms with Crippen molar-refractivity contribution < 1.29 is 19.0 Å². The maximum absolute atomic E-state index is 10.1. The minimum atomic E-state index is -4.26. The zero-order valence-electron chi connectivity index (χ0n) is 4.73. The Morgan fingerprint density at radius 2 is 2.00 bits per heavy atom. The van der Waals surface area contributed by atoms with Gasteiger partial charge in [0.05, 0.1) is 0 Å². The average molecular weight is 153 g/mol. The molecule has 0 aromatic carbocycles. The zero-order chi connectivity index (χ0) is 6.91. The van der Waals surface area contributed by atoms with Crippen LogP contribution in [0.15, 0.2) is 0 Å². The summed E-state index contributed by atoms with van der Waals surface area (Å²) in [7, 11) is -4.26. The molecule has 1 rings (SSSR count). The van der Waals surface area contributed by atoms with Crippen molar-refractivity contribution >= 4 is 7.82 Å². The highest BCUT2D eigenvalue weighted by atomic mass is 31.2. The fraction of sp³-hybridized carbons (Fsp3) is 1.00. The summed E-state index contributed by atoms with van der Waals surface area (Å²) >= 11 is 0. The smallest absolute Gasteiger partial charge is 0.302 e. The maximum atomic E-state index is 10.1. The lowest BCUT2D eigenvalue weighted by Gasteiger charge is -2.28. The van der Waals surface area contributed by atoms with E-state index in [1.807, 2.05) is 0 Å². The van der Waals surface area contributed by atoms with Crippen LogP contribution in [0.25, 0.3) is 0 Å². The monoisotopic (exact) mass is 153 g/mol. The second-order valence-electron chi connectivity index (χ2n) is 1.85. The van der Waals surface area contributed by atoms with E-state index in [0.29, 0.717) is 13.1 Å². The first-order chi connectivity index (χ1) is 4.08. The highest BCUT2D eigenvalue weighted by Crippen LogP contribution is 2.38. The van der Waals surface area contributed by atoms with Crippen LogP contribution in [0.1, 0.15) is 6.42 Å². The largest absolute Gasteiger partial charge is 0.486 e. The first kappa shape index (κ1) is 7.18. The number of hydrogen-bond donors (Lipinski definition) is 2. The third-order valence-corrected chi connectivity index (χ3v) is 1.48. The topological polar surface area (TPSA) is 70.0 Å². The fourth-order valence-corrected chi connectivity index (χ4v) is 0.983. The summed E-state index contributed by atoms with van der Waals surface area (Å²) in [6, 6.07) is 0. The third-order valence-electron chi connectivity index (χ3n) is 1.04. The van der Waals surface area contributed by atoms with Crippen LogP contribution >= 0.6 is 7.82 Å². The first-order valence-corrected chi connectivity index (χ1v) is 4.11. The van der Waals surface area contributed by atoms with Gasteiger partial charge in [-0.15, -0.1) is 0 Å². The van der Waals surface area contributed by atoms with Crippen LogP contribution in [0, 0.1) is 0 Å². The SMILES string of the molecule is O=P(O)(O)ON1CCC1.